The van der Waals surface area contributed by atoms with E-state index in [2.05, 4.69) is 27.0 Å². The van der Waals surface area contributed by atoms with E-state index < -0.39 is 0 Å². The molecule has 1 aromatic carbocycles. The SMILES string of the molecule is COc1ccc(CN2CCC[C@@H](c3nn(C)c4nccnc34)C2)cc1OC. The van der Waals surface area contributed by atoms with E-state index in [0.717, 1.165) is 60.8 Å². The quantitative estimate of drug-likeness (QED) is 0.691. The molecule has 0 N–H and O–H groups in total. The van der Waals surface area contributed by atoms with Gasteiger partial charge >= 0.3 is 0 Å². The van der Waals surface area contributed by atoms with Gasteiger partial charge in [0.1, 0.15) is 5.52 Å². The summed E-state index contributed by atoms with van der Waals surface area (Å²) in [5.41, 5.74) is 4.07. The van der Waals surface area contributed by atoms with Gasteiger partial charge in [-0.2, -0.15) is 5.10 Å². The first-order valence-corrected chi connectivity index (χ1v) is 9.26. The standard InChI is InChI=1S/C20H25N5O2/c1-24-20-19(21-8-9-22-20)18(23-24)15-5-4-10-25(13-15)12-14-6-7-16(26-2)17(11-14)27-3/h6-9,11,15H,4-5,10,12-13H2,1-3H3/t15-/m1/s1. The summed E-state index contributed by atoms with van der Waals surface area (Å²) in [7, 11) is 5.27. The zero-order chi connectivity index (χ0) is 18.8. The minimum atomic E-state index is 0.374. The first-order valence-electron chi connectivity index (χ1n) is 9.26. The Morgan fingerprint density at radius 2 is 1.93 bits per heavy atom. The largest absolute Gasteiger partial charge is 0.493 e. The van der Waals surface area contributed by atoms with Crippen molar-refractivity contribution in [1.29, 1.82) is 0 Å². The van der Waals surface area contributed by atoms with Crippen LogP contribution in [0.4, 0.5) is 0 Å². The van der Waals surface area contributed by atoms with Gasteiger partial charge in [0, 0.05) is 38.4 Å². The lowest BCUT2D eigenvalue weighted by molar-refractivity contribution is 0.198. The van der Waals surface area contributed by atoms with Crippen molar-refractivity contribution in [2.75, 3.05) is 27.3 Å². The van der Waals surface area contributed by atoms with Crippen LogP contribution in [-0.2, 0) is 13.6 Å². The van der Waals surface area contributed by atoms with Crippen LogP contribution in [0.2, 0.25) is 0 Å². The van der Waals surface area contributed by atoms with E-state index in [1.54, 1.807) is 26.6 Å². The summed E-state index contributed by atoms with van der Waals surface area (Å²) in [5, 5.41) is 4.73. The Balaban J connectivity index is 1.53. The Hall–Kier alpha value is -2.67. The van der Waals surface area contributed by atoms with Crippen LogP contribution in [0, 0.1) is 0 Å². The third-order valence-electron chi connectivity index (χ3n) is 5.23. The van der Waals surface area contributed by atoms with Crippen molar-refractivity contribution in [3.8, 4) is 11.5 Å². The van der Waals surface area contributed by atoms with Crippen LogP contribution in [0.5, 0.6) is 11.5 Å². The molecule has 4 rings (SSSR count). The summed E-state index contributed by atoms with van der Waals surface area (Å²) < 4.78 is 12.6. The summed E-state index contributed by atoms with van der Waals surface area (Å²) in [6.45, 7) is 2.94. The molecule has 1 atom stereocenters. The van der Waals surface area contributed by atoms with Crippen LogP contribution in [0.1, 0.15) is 30.0 Å². The van der Waals surface area contributed by atoms with Gasteiger partial charge in [0.15, 0.2) is 17.1 Å². The van der Waals surface area contributed by atoms with E-state index in [4.69, 9.17) is 14.6 Å². The molecule has 7 heteroatoms. The van der Waals surface area contributed by atoms with Gasteiger partial charge in [-0.3, -0.25) is 4.90 Å². The topological polar surface area (TPSA) is 65.3 Å². The van der Waals surface area contributed by atoms with Crippen molar-refractivity contribution in [2.45, 2.75) is 25.3 Å². The van der Waals surface area contributed by atoms with Crippen molar-refractivity contribution in [1.82, 2.24) is 24.6 Å². The Morgan fingerprint density at radius 3 is 2.74 bits per heavy atom. The molecule has 0 saturated carbocycles. The second-order valence-corrected chi connectivity index (χ2v) is 7.00. The number of aryl methyl sites for hydroxylation is 1. The Morgan fingerprint density at radius 1 is 1.11 bits per heavy atom. The number of likely N-dealkylation sites (tertiary alicyclic amines) is 1. The summed E-state index contributed by atoms with van der Waals surface area (Å²) >= 11 is 0. The zero-order valence-electron chi connectivity index (χ0n) is 16.1. The zero-order valence-corrected chi connectivity index (χ0v) is 16.1. The maximum atomic E-state index is 5.44. The smallest absolute Gasteiger partial charge is 0.176 e. The lowest BCUT2D eigenvalue weighted by Gasteiger charge is -2.32. The Labute approximate surface area is 158 Å². The van der Waals surface area contributed by atoms with Gasteiger partial charge in [-0.05, 0) is 37.1 Å². The number of piperidine rings is 1. The van der Waals surface area contributed by atoms with Crippen LogP contribution in [-0.4, -0.2) is 52.0 Å². The van der Waals surface area contributed by atoms with E-state index in [1.165, 1.54) is 5.56 Å². The number of fused-ring (bicyclic) bond motifs is 1. The molecule has 0 bridgehead atoms. The highest BCUT2D eigenvalue weighted by molar-refractivity contribution is 5.73. The number of hydrogen-bond donors (Lipinski definition) is 0. The van der Waals surface area contributed by atoms with Crippen LogP contribution in [0.25, 0.3) is 11.2 Å². The maximum absolute atomic E-state index is 5.44. The predicted octanol–water partition coefficient (Wildman–Crippen LogP) is 2.76. The van der Waals surface area contributed by atoms with Gasteiger partial charge in [-0.15, -0.1) is 0 Å². The molecular formula is C20H25N5O2. The van der Waals surface area contributed by atoms with E-state index in [-0.39, 0.29) is 0 Å². The third-order valence-corrected chi connectivity index (χ3v) is 5.23. The monoisotopic (exact) mass is 367 g/mol. The molecule has 7 nitrogen and oxygen atoms in total. The third kappa shape index (κ3) is 3.47. The van der Waals surface area contributed by atoms with E-state index in [9.17, 15) is 0 Å². The first-order chi connectivity index (χ1) is 13.2. The van der Waals surface area contributed by atoms with Gasteiger partial charge in [0.05, 0.1) is 19.9 Å². The lowest BCUT2D eigenvalue weighted by atomic mass is 9.94. The second kappa shape index (κ2) is 7.52. The second-order valence-electron chi connectivity index (χ2n) is 7.00. The lowest BCUT2D eigenvalue weighted by Crippen LogP contribution is -2.34. The van der Waals surface area contributed by atoms with Crippen molar-refractivity contribution in [3.05, 3.63) is 41.9 Å². The van der Waals surface area contributed by atoms with Gasteiger partial charge in [0.25, 0.3) is 0 Å². The molecule has 0 amide bonds. The van der Waals surface area contributed by atoms with Crippen molar-refractivity contribution in [2.24, 2.45) is 7.05 Å². The van der Waals surface area contributed by atoms with Crippen LogP contribution >= 0.6 is 0 Å². The highest BCUT2D eigenvalue weighted by atomic mass is 16.5. The van der Waals surface area contributed by atoms with Gasteiger partial charge in [0.2, 0.25) is 0 Å². The minimum absolute atomic E-state index is 0.374. The number of nitrogens with zero attached hydrogens (tertiary/aromatic N) is 5. The molecule has 0 spiro atoms. The van der Waals surface area contributed by atoms with Crippen molar-refractivity contribution in [3.63, 3.8) is 0 Å². The molecule has 27 heavy (non-hydrogen) atoms. The van der Waals surface area contributed by atoms with Crippen molar-refractivity contribution >= 4 is 11.2 Å². The van der Waals surface area contributed by atoms with Gasteiger partial charge in [-0.25, -0.2) is 14.6 Å². The molecule has 2 aromatic heterocycles. The Kier molecular flexibility index (Phi) is 4.94. The fraction of sp³-hybridized carbons (Fsp3) is 0.450. The number of ether oxygens (including phenoxy) is 2. The van der Waals surface area contributed by atoms with Crippen LogP contribution < -0.4 is 9.47 Å². The predicted molar refractivity (Wildman–Crippen MR) is 103 cm³/mol. The molecule has 0 aliphatic carbocycles. The molecule has 3 heterocycles. The fourth-order valence-corrected chi connectivity index (χ4v) is 3.94. The molecule has 0 radical (unpaired) electrons. The summed E-state index contributed by atoms with van der Waals surface area (Å²) in [6.07, 6.45) is 5.75. The molecule has 1 fully saturated rings. The number of methoxy groups -OCH3 is 2. The minimum Gasteiger partial charge on any atom is -0.493 e. The molecule has 1 aliphatic rings. The van der Waals surface area contributed by atoms with E-state index in [0.29, 0.717) is 5.92 Å². The average Bonchev–Trinajstić information content (AvgIpc) is 3.05. The van der Waals surface area contributed by atoms with Crippen LogP contribution in [0.15, 0.2) is 30.6 Å². The summed E-state index contributed by atoms with van der Waals surface area (Å²) in [5.74, 6) is 1.91. The molecule has 0 unspecified atom stereocenters. The maximum Gasteiger partial charge on any atom is 0.176 e. The van der Waals surface area contributed by atoms with Gasteiger partial charge in [-0.1, -0.05) is 6.07 Å². The highest BCUT2D eigenvalue weighted by Gasteiger charge is 2.26. The van der Waals surface area contributed by atoms with E-state index in [1.807, 2.05) is 17.8 Å². The molecule has 1 saturated heterocycles. The first kappa shape index (κ1) is 17.7. The Bertz CT molecular complexity index is 939. The summed E-state index contributed by atoms with van der Waals surface area (Å²) in [4.78, 5) is 11.4. The van der Waals surface area contributed by atoms with Gasteiger partial charge < -0.3 is 9.47 Å². The fourth-order valence-electron chi connectivity index (χ4n) is 3.94. The number of aromatic nitrogens is 4. The van der Waals surface area contributed by atoms with E-state index >= 15 is 0 Å². The number of hydrogen-bond acceptors (Lipinski definition) is 6. The highest BCUT2D eigenvalue weighted by Crippen LogP contribution is 2.32. The van der Waals surface area contributed by atoms with Crippen molar-refractivity contribution < 1.29 is 9.47 Å². The average molecular weight is 367 g/mol. The molecule has 3 aromatic rings. The molecular weight excluding hydrogens is 342 g/mol. The normalized spacial score (nSPS) is 18.0. The summed E-state index contributed by atoms with van der Waals surface area (Å²) in [6, 6.07) is 6.13. The molecule has 1 aliphatic heterocycles. The molecule has 142 valence electrons. The van der Waals surface area contributed by atoms with Crippen LogP contribution in [0.3, 0.4) is 0 Å². The number of rotatable bonds is 5. The number of benzene rings is 1.